The van der Waals surface area contributed by atoms with Crippen molar-refractivity contribution in [1.29, 1.82) is 0 Å². The third-order valence-corrected chi connectivity index (χ3v) is 5.05. The van der Waals surface area contributed by atoms with Gasteiger partial charge in [0.2, 0.25) is 0 Å². The summed E-state index contributed by atoms with van der Waals surface area (Å²) in [5.41, 5.74) is 1.37. The molecule has 27 heavy (non-hydrogen) atoms. The van der Waals surface area contributed by atoms with Crippen molar-refractivity contribution in [3.8, 4) is 23.0 Å². The molecule has 0 bridgehead atoms. The van der Waals surface area contributed by atoms with E-state index >= 15 is 0 Å². The molecule has 1 saturated heterocycles. The average molecular weight is 376 g/mol. The van der Waals surface area contributed by atoms with Gasteiger partial charge < -0.3 is 34.6 Å². The predicted octanol–water partition coefficient (Wildman–Crippen LogP) is 2.14. The number of aliphatic hydroxyl groups is 2. The van der Waals surface area contributed by atoms with Crippen LogP contribution in [0.3, 0.4) is 0 Å². The zero-order valence-electron chi connectivity index (χ0n) is 15.2. The van der Waals surface area contributed by atoms with Gasteiger partial charge >= 0.3 is 0 Å². The van der Waals surface area contributed by atoms with Crippen molar-refractivity contribution in [2.45, 2.75) is 12.2 Å². The zero-order chi connectivity index (χ0) is 19.6. The van der Waals surface area contributed by atoms with Gasteiger partial charge in [0.15, 0.2) is 11.5 Å². The smallest absolute Gasteiger partial charge is 0.160 e. The van der Waals surface area contributed by atoms with Gasteiger partial charge in [-0.15, -0.1) is 0 Å². The first-order chi connectivity index (χ1) is 13.0. The predicted molar refractivity (Wildman–Crippen MR) is 97.0 cm³/mol. The van der Waals surface area contributed by atoms with Crippen LogP contribution in [0.15, 0.2) is 36.4 Å². The average Bonchev–Trinajstić information content (AvgIpc) is 3.06. The van der Waals surface area contributed by atoms with E-state index in [9.17, 15) is 20.4 Å². The molecule has 3 rings (SSSR count). The molecule has 1 fully saturated rings. The van der Waals surface area contributed by atoms with Crippen molar-refractivity contribution in [3.63, 3.8) is 0 Å². The monoisotopic (exact) mass is 376 g/mol. The fourth-order valence-corrected chi connectivity index (χ4v) is 3.68. The molecule has 0 amide bonds. The standard InChI is InChI=1S/C20H24O7/c1-25-14-6-12(5-13(23)8-14)20-16(10-22)15(9-21)19(27-20)11-3-4-17(24)18(7-11)26-2/h3-8,15-16,19-24H,9-10H2,1-2H3. The first-order valence-electron chi connectivity index (χ1n) is 8.64. The molecule has 146 valence electrons. The van der Waals surface area contributed by atoms with E-state index in [4.69, 9.17) is 14.2 Å². The van der Waals surface area contributed by atoms with Gasteiger partial charge in [0.05, 0.1) is 26.4 Å². The summed E-state index contributed by atoms with van der Waals surface area (Å²) >= 11 is 0. The minimum atomic E-state index is -0.544. The molecule has 0 aromatic heterocycles. The number of ether oxygens (including phenoxy) is 3. The van der Waals surface area contributed by atoms with E-state index in [1.807, 2.05) is 0 Å². The van der Waals surface area contributed by atoms with E-state index in [0.29, 0.717) is 17.1 Å². The highest BCUT2D eigenvalue weighted by atomic mass is 16.5. The highest BCUT2D eigenvalue weighted by molar-refractivity contribution is 5.43. The number of methoxy groups -OCH3 is 2. The Morgan fingerprint density at radius 1 is 0.852 bits per heavy atom. The molecule has 1 aliphatic heterocycles. The molecule has 1 aliphatic rings. The van der Waals surface area contributed by atoms with Crippen LogP contribution in [-0.4, -0.2) is 47.9 Å². The lowest BCUT2D eigenvalue weighted by molar-refractivity contribution is 0.0182. The van der Waals surface area contributed by atoms with Crippen LogP contribution in [0.5, 0.6) is 23.0 Å². The normalized spacial score (nSPS) is 24.7. The summed E-state index contributed by atoms with van der Waals surface area (Å²) in [6.45, 7) is -0.384. The fraction of sp³-hybridized carbons (Fsp3) is 0.400. The topological polar surface area (TPSA) is 109 Å². The quantitative estimate of drug-likeness (QED) is 0.612. The molecule has 0 radical (unpaired) electrons. The van der Waals surface area contributed by atoms with E-state index in [1.54, 1.807) is 24.3 Å². The van der Waals surface area contributed by atoms with Crippen LogP contribution in [0.25, 0.3) is 0 Å². The lowest BCUT2D eigenvalue weighted by Crippen LogP contribution is -2.23. The largest absolute Gasteiger partial charge is 0.508 e. The zero-order valence-corrected chi connectivity index (χ0v) is 15.2. The molecule has 7 nitrogen and oxygen atoms in total. The molecule has 0 aliphatic carbocycles. The van der Waals surface area contributed by atoms with Crippen LogP contribution in [0.2, 0.25) is 0 Å². The number of aromatic hydroxyl groups is 2. The lowest BCUT2D eigenvalue weighted by atomic mass is 9.83. The molecule has 1 heterocycles. The number of benzene rings is 2. The number of hydrogen-bond donors (Lipinski definition) is 4. The Bertz CT molecular complexity index is 792. The Kier molecular flexibility index (Phi) is 5.74. The minimum Gasteiger partial charge on any atom is -0.508 e. The number of phenols is 2. The molecule has 7 heteroatoms. The summed E-state index contributed by atoms with van der Waals surface area (Å²) in [6, 6.07) is 9.64. The second-order valence-electron chi connectivity index (χ2n) is 6.57. The molecule has 4 unspecified atom stereocenters. The van der Waals surface area contributed by atoms with Gasteiger partial charge in [0.25, 0.3) is 0 Å². The van der Waals surface area contributed by atoms with Gasteiger partial charge in [0.1, 0.15) is 11.5 Å². The Balaban J connectivity index is 1.99. The van der Waals surface area contributed by atoms with Gasteiger partial charge in [-0.2, -0.15) is 0 Å². The van der Waals surface area contributed by atoms with Gasteiger partial charge in [-0.3, -0.25) is 0 Å². The van der Waals surface area contributed by atoms with Gasteiger partial charge in [-0.1, -0.05) is 6.07 Å². The van der Waals surface area contributed by atoms with Crippen LogP contribution in [-0.2, 0) is 4.74 Å². The Labute approximate surface area is 157 Å². The SMILES string of the molecule is COc1cc(O)cc(C2OC(c3ccc(O)c(OC)c3)C(CO)C2CO)c1. The number of hydrogen-bond acceptors (Lipinski definition) is 7. The molecular formula is C20H24O7. The minimum absolute atomic E-state index is 0.00720. The third-order valence-electron chi connectivity index (χ3n) is 5.05. The van der Waals surface area contributed by atoms with Crippen molar-refractivity contribution >= 4 is 0 Å². The first-order valence-corrected chi connectivity index (χ1v) is 8.64. The number of rotatable bonds is 6. The summed E-state index contributed by atoms with van der Waals surface area (Å²) < 4.78 is 16.6. The Hall–Kier alpha value is -2.48. The third kappa shape index (κ3) is 3.66. The molecule has 2 aromatic carbocycles. The molecular weight excluding hydrogens is 352 g/mol. The molecule has 0 saturated carbocycles. The van der Waals surface area contributed by atoms with Crippen molar-refractivity contribution in [2.75, 3.05) is 27.4 Å². The van der Waals surface area contributed by atoms with E-state index in [-0.39, 0.29) is 36.5 Å². The number of phenolic OH excluding ortho intramolecular Hbond substituents is 2. The summed E-state index contributed by atoms with van der Waals surface area (Å²) in [5, 5.41) is 39.7. The van der Waals surface area contributed by atoms with Crippen molar-refractivity contribution in [2.24, 2.45) is 11.8 Å². The molecule has 0 spiro atoms. The second-order valence-corrected chi connectivity index (χ2v) is 6.57. The Morgan fingerprint density at radius 2 is 1.52 bits per heavy atom. The highest BCUT2D eigenvalue weighted by Crippen LogP contribution is 2.50. The maximum absolute atomic E-state index is 9.96. The van der Waals surface area contributed by atoms with Crippen LogP contribution < -0.4 is 9.47 Å². The molecule has 2 aromatic rings. The maximum atomic E-state index is 9.96. The second kappa shape index (κ2) is 8.04. The van der Waals surface area contributed by atoms with E-state index in [1.165, 1.54) is 26.4 Å². The van der Waals surface area contributed by atoms with Crippen molar-refractivity contribution in [1.82, 2.24) is 0 Å². The lowest BCUT2D eigenvalue weighted by Gasteiger charge is -2.21. The fourth-order valence-electron chi connectivity index (χ4n) is 3.68. The summed E-state index contributed by atoms with van der Waals surface area (Å²) in [5.74, 6) is 0.0537. The summed E-state index contributed by atoms with van der Waals surface area (Å²) in [4.78, 5) is 0. The van der Waals surface area contributed by atoms with E-state index in [2.05, 4.69) is 0 Å². The van der Waals surface area contributed by atoms with Crippen LogP contribution in [0.1, 0.15) is 23.3 Å². The van der Waals surface area contributed by atoms with E-state index in [0.717, 1.165) is 5.56 Å². The summed E-state index contributed by atoms with van der Waals surface area (Å²) in [6.07, 6.45) is -1.06. The maximum Gasteiger partial charge on any atom is 0.160 e. The molecule has 4 atom stereocenters. The van der Waals surface area contributed by atoms with Gasteiger partial charge in [-0.05, 0) is 35.4 Å². The van der Waals surface area contributed by atoms with Gasteiger partial charge in [0, 0.05) is 31.1 Å². The molecule has 4 N–H and O–H groups in total. The Morgan fingerprint density at radius 3 is 2.11 bits per heavy atom. The van der Waals surface area contributed by atoms with Crippen molar-refractivity contribution < 1.29 is 34.6 Å². The van der Waals surface area contributed by atoms with Crippen LogP contribution >= 0.6 is 0 Å². The van der Waals surface area contributed by atoms with Crippen LogP contribution in [0, 0.1) is 11.8 Å². The van der Waals surface area contributed by atoms with E-state index < -0.39 is 12.2 Å². The van der Waals surface area contributed by atoms with Crippen LogP contribution in [0.4, 0.5) is 0 Å². The van der Waals surface area contributed by atoms with Gasteiger partial charge in [-0.25, -0.2) is 0 Å². The van der Waals surface area contributed by atoms with Crippen molar-refractivity contribution in [3.05, 3.63) is 47.5 Å². The number of aliphatic hydroxyl groups excluding tert-OH is 2. The summed E-state index contributed by atoms with van der Waals surface area (Å²) in [7, 11) is 2.95. The highest BCUT2D eigenvalue weighted by Gasteiger charge is 2.45. The first kappa shape index (κ1) is 19.3.